The molecule has 138 valence electrons. The Kier molecular flexibility index (Phi) is 5.84. The molecule has 1 heterocycles. The lowest BCUT2D eigenvalue weighted by Crippen LogP contribution is -2.41. The van der Waals surface area contributed by atoms with Crippen molar-refractivity contribution < 1.29 is 9.90 Å². The van der Waals surface area contributed by atoms with Crippen molar-refractivity contribution in [2.45, 2.75) is 18.9 Å². The average molecular weight is 373 g/mol. The summed E-state index contributed by atoms with van der Waals surface area (Å²) in [5, 5.41) is 10.2. The molecule has 4 nitrogen and oxygen atoms in total. The van der Waals surface area contributed by atoms with Gasteiger partial charge in [-0.05, 0) is 48.7 Å². The first-order chi connectivity index (χ1) is 12.5. The number of hydrogen-bond acceptors (Lipinski definition) is 3. The van der Waals surface area contributed by atoms with Gasteiger partial charge < -0.3 is 10.0 Å². The molecule has 0 bridgehead atoms. The van der Waals surface area contributed by atoms with Crippen LogP contribution in [0.1, 0.15) is 30.0 Å². The summed E-state index contributed by atoms with van der Waals surface area (Å²) in [6.45, 7) is 1.41. The lowest BCUT2D eigenvalue weighted by molar-refractivity contribution is -0.143. The van der Waals surface area contributed by atoms with Crippen LogP contribution < -0.4 is 4.90 Å². The highest BCUT2D eigenvalue weighted by atomic mass is 35.5. The molecule has 3 rings (SSSR count). The number of nitrogens with zero attached hydrogens (tertiary/aromatic N) is 2. The maximum Gasteiger partial charge on any atom is 0.307 e. The van der Waals surface area contributed by atoms with Crippen molar-refractivity contribution in [3.05, 3.63) is 64.7 Å². The number of benzene rings is 2. The lowest BCUT2D eigenvalue weighted by Gasteiger charge is -2.38. The Hall–Kier alpha value is -2.04. The molecule has 0 aromatic heterocycles. The van der Waals surface area contributed by atoms with Crippen LogP contribution in [0.3, 0.4) is 0 Å². The zero-order chi connectivity index (χ0) is 18.7. The Labute approximate surface area is 160 Å². The normalized spacial score (nSPS) is 19.1. The highest BCUT2D eigenvalue weighted by molar-refractivity contribution is 6.31. The monoisotopic (exact) mass is 372 g/mol. The molecule has 0 aliphatic carbocycles. The molecule has 2 atom stereocenters. The highest BCUT2D eigenvalue weighted by Gasteiger charge is 2.32. The molecule has 0 spiro atoms. The van der Waals surface area contributed by atoms with E-state index in [-0.39, 0.29) is 12.0 Å². The molecule has 0 radical (unpaired) electrons. The number of likely N-dealkylation sites (tertiary alicyclic amines) is 1. The van der Waals surface area contributed by atoms with E-state index >= 15 is 0 Å². The molecule has 2 unspecified atom stereocenters. The zero-order valence-corrected chi connectivity index (χ0v) is 16.0. The third-order valence-corrected chi connectivity index (χ3v) is 5.44. The van der Waals surface area contributed by atoms with Crippen LogP contribution in [0.15, 0.2) is 48.5 Å². The Morgan fingerprint density at radius 3 is 2.50 bits per heavy atom. The highest BCUT2D eigenvalue weighted by Crippen LogP contribution is 2.36. The summed E-state index contributed by atoms with van der Waals surface area (Å²) in [5.74, 6) is -1.04. The van der Waals surface area contributed by atoms with Crippen molar-refractivity contribution in [2.24, 2.45) is 5.92 Å². The van der Waals surface area contributed by atoms with Crippen LogP contribution in [0, 0.1) is 5.92 Å². The number of carbonyl (C=O) groups is 1. The van der Waals surface area contributed by atoms with Gasteiger partial charge in [0.1, 0.15) is 0 Å². The molecule has 2 aromatic rings. The van der Waals surface area contributed by atoms with Gasteiger partial charge in [0.25, 0.3) is 0 Å². The van der Waals surface area contributed by atoms with Gasteiger partial charge in [0.15, 0.2) is 0 Å². The number of anilines is 1. The van der Waals surface area contributed by atoms with Crippen molar-refractivity contribution in [3.8, 4) is 0 Å². The van der Waals surface area contributed by atoms with Gasteiger partial charge in [-0.2, -0.15) is 0 Å². The second-order valence-electron chi connectivity index (χ2n) is 7.08. The molecule has 1 fully saturated rings. The van der Waals surface area contributed by atoms with Gasteiger partial charge in [0.05, 0.1) is 12.0 Å². The minimum atomic E-state index is -0.712. The van der Waals surface area contributed by atoms with Gasteiger partial charge in [0, 0.05) is 31.4 Å². The third-order valence-electron chi connectivity index (χ3n) is 5.09. The smallest absolute Gasteiger partial charge is 0.307 e. The molecule has 26 heavy (non-hydrogen) atoms. The van der Waals surface area contributed by atoms with Crippen LogP contribution in [-0.2, 0) is 4.79 Å². The third kappa shape index (κ3) is 4.02. The molecule has 1 aliphatic rings. The van der Waals surface area contributed by atoms with Crippen molar-refractivity contribution >= 4 is 23.3 Å². The van der Waals surface area contributed by atoms with Gasteiger partial charge in [-0.15, -0.1) is 0 Å². The number of aliphatic carboxylic acids is 1. The topological polar surface area (TPSA) is 43.8 Å². The van der Waals surface area contributed by atoms with Crippen molar-refractivity contribution in [1.82, 2.24) is 4.90 Å². The van der Waals surface area contributed by atoms with Crippen LogP contribution in [0.4, 0.5) is 5.69 Å². The molecular weight excluding hydrogens is 348 g/mol. The molecule has 1 N–H and O–H groups in total. The van der Waals surface area contributed by atoms with Crippen molar-refractivity contribution in [1.29, 1.82) is 0 Å². The largest absolute Gasteiger partial charge is 0.481 e. The minimum absolute atomic E-state index is 0.0398. The van der Waals surface area contributed by atoms with Gasteiger partial charge in [0.2, 0.25) is 0 Å². The second kappa shape index (κ2) is 8.11. The van der Waals surface area contributed by atoms with E-state index in [0.717, 1.165) is 36.2 Å². The number of piperidine rings is 1. The van der Waals surface area contributed by atoms with E-state index in [1.807, 2.05) is 38.4 Å². The fraction of sp³-hybridized carbons (Fsp3) is 0.381. The van der Waals surface area contributed by atoms with E-state index < -0.39 is 5.97 Å². The first kappa shape index (κ1) is 18.7. The SMILES string of the molecule is CN(C)c1ccc(C(c2ccccc2Cl)N2CCCC(C(=O)O)C2)cc1. The van der Waals surface area contributed by atoms with E-state index in [0.29, 0.717) is 11.6 Å². The van der Waals surface area contributed by atoms with Crippen molar-refractivity contribution in [2.75, 3.05) is 32.1 Å². The number of halogens is 1. The van der Waals surface area contributed by atoms with Crippen molar-refractivity contribution in [3.63, 3.8) is 0 Å². The van der Waals surface area contributed by atoms with Gasteiger partial charge in [-0.25, -0.2) is 0 Å². The number of hydrogen-bond donors (Lipinski definition) is 1. The zero-order valence-electron chi connectivity index (χ0n) is 15.2. The summed E-state index contributed by atoms with van der Waals surface area (Å²) >= 11 is 6.52. The summed E-state index contributed by atoms with van der Waals surface area (Å²) in [6, 6.07) is 16.2. The predicted octanol–water partition coefficient (Wildman–Crippen LogP) is 4.29. The van der Waals surface area contributed by atoms with Crippen LogP contribution in [-0.4, -0.2) is 43.2 Å². The quantitative estimate of drug-likeness (QED) is 0.850. The van der Waals surface area contributed by atoms with Crippen LogP contribution >= 0.6 is 11.6 Å². The Balaban J connectivity index is 1.99. The maximum atomic E-state index is 11.5. The molecule has 2 aromatic carbocycles. The fourth-order valence-electron chi connectivity index (χ4n) is 3.68. The standard InChI is InChI=1S/C21H25ClN2O2/c1-23(2)17-11-9-15(10-12-17)20(18-7-3-4-8-19(18)22)24-13-5-6-16(14-24)21(25)26/h3-4,7-12,16,20H,5-6,13-14H2,1-2H3,(H,25,26). The number of carboxylic acid groups (broad SMARTS) is 1. The Bertz CT molecular complexity index is 761. The second-order valence-corrected chi connectivity index (χ2v) is 7.49. The van der Waals surface area contributed by atoms with E-state index in [1.54, 1.807) is 0 Å². The fourth-order valence-corrected chi connectivity index (χ4v) is 3.92. The Morgan fingerprint density at radius 1 is 1.19 bits per heavy atom. The lowest BCUT2D eigenvalue weighted by atomic mass is 9.91. The van der Waals surface area contributed by atoms with E-state index in [4.69, 9.17) is 11.6 Å². The molecule has 1 saturated heterocycles. The van der Waals surface area contributed by atoms with Gasteiger partial charge in [-0.3, -0.25) is 9.69 Å². The van der Waals surface area contributed by atoms with Crippen LogP contribution in [0.5, 0.6) is 0 Å². The number of carboxylic acids is 1. The Morgan fingerprint density at radius 2 is 1.88 bits per heavy atom. The molecule has 0 saturated carbocycles. The molecule has 0 amide bonds. The summed E-state index contributed by atoms with van der Waals surface area (Å²) < 4.78 is 0. The van der Waals surface area contributed by atoms with E-state index in [1.165, 1.54) is 0 Å². The maximum absolute atomic E-state index is 11.5. The predicted molar refractivity (Wildman–Crippen MR) is 106 cm³/mol. The summed E-state index contributed by atoms with van der Waals surface area (Å²) in [4.78, 5) is 15.8. The molecule has 5 heteroatoms. The van der Waals surface area contributed by atoms with Gasteiger partial charge in [-0.1, -0.05) is 41.9 Å². The van der Waals surface area contributed by atoms with Crippen LogP contribution in [0.25, 0.3) is 0 Å². The summed E-state index contributed by atoms with van der Waals surface area (Å²) in [5.41, 5.74) is 3.29. The van der Waals surface area contributed by atoms with Gasteiger partial charge >= 0.3 is 5.97 Å². The minimum Gasteiger partial charge on any atom is -0.481 e. The van der Waals surface area contributed by atoms with Crippen LogP contribution in [0.2, 0.25) is 5.02 Å². The molecular formula is C21H25ClN2O2. The average Bonchev–Trinajstić information content (AvgIpc) is 2.64. The summed E-state index contributed by atoms with van der Waals surface area (Å²) in [6.07, 6.45) is 1.62. The first-order valence-electron chi connectivity index (χ1n) is 8.96. The van der Waals surface area contributed by atoms with E-state index in [9.17, 15) is 9.90 Å². The first-order valence-corrected chi connectivity index (χ1v) is 9.33. The molecule has 1 aliphatic heterocycles. The number of rotatable bonds is 5. The summed E-state index contributed by atoms with van der Waals surface area (Å²) in [7, 11) is 4.03. The van der Waals surface area contributed by atoms with E-state index in [2.05, 4.69) is 34.1 Å².